The number of benzene rings is 2. The Kier molecular flexibility index (Phi) is 9.33. The van der Waals surface area contributed by atoms with Crippen LogP contribution in [-0.4, -0.2) is 76.2 Å². The van der Waals surface area contributed by atoms with Crippen LogP contribution in [0.3, 0.4) is 0 Å². The third-order valence-electron chi connectivity index (χ3n) is 5.87. The van der Waals surface area contributed by atoms with Crippen molar-refractivity contribution < 1.29 is 33.0 Å². The molecule has 199 valence electrons. The second kappa shape index (κ2) is 12.9. The van der Waals surface area contributed by atoms with Crippen LogP contribution in [0.2, 0.25) is 0 Å². The minimum absolute atomic E-state index is 0. The summed E-state index contributed by atoms with van der Waals surface area (Å²) >= 11 is 0. The molecule has 12 heteroatoms. The summed E-state index contributed by atoms with van der Waals surface area (Å²) in [5.74, 6) is 0.0615. The van der Waals surface area contributed by atoms with Crippen LogP contribution in [0.1, 0.15) is 13.3 Å². The van der Waals surface area contributed by atoms with Crippen LogP contribution < -0.4 is 20.1 Å². The Balaban J connectivity index is 0.00000370. The number of amides is 4. The minimum atomic E-state index is -1.95. The van der Waals surface area contributed by atoms with E-state index in [1.807, 2.05) is 30.3 Å². The molecule has 1 aliphatic rings. The average molecular weight is 552 g/mol. The summed E-state index contributed by atoms with van der Waals surface area (Å²) in [5, 5.41) is 4.18. The van der Waals surface area contributed by atoms with Gasteiger partial charge < -0.3 is 18.6 Å². The molecule has 11 nitrogen and oxygen atoms in total. The van der Waals surface area contributed by atoms with Crippen LogP contribution in [-0.2, 0) is 14.3 Å². The summed E-state index contributed by atoms with van der Waals surface area (Å²) in [5.41, 5.74) is 0.187. The maximum absolute atomic E-state index is 12.6. The molecule has 1 aliphatic heterocycles. The number of aromatic nitrogens is 2. The number of ether oxygens (including phenoxy) is 3. The van der Waals surface area contributed by atoms with Crippen LogP contribution in [0.15, 0.2) is 83.6 Å². The molecule has 2 aromatic carbocycles. The first-order valence-electron chi connectivity index (χ1n) is 12.2. The quantitative estimate of drug-likeness (QED) is 0.171. The van der Waals surface area contributed by atoms with Crippen molar-refractivity contribution in [1.82, 2.24) is 20.6 Å². The van der Waals surface area contributed by atoms with Crippen molar-refractivity contribution in [3.63, 3.8) is 0 Å². The summed E-state index contributed by atoms with van der Waals surface area (Å²) in [6.45, 7) is 2.27. The predicted molar refractivity (Wildman–Crippen MR) is 144 cm³/mol. The monoisotopic (exact) mass is 551 g/mol. The van der Waals surface area contributed by atoms with Gasteiger partial charge in [-0.25, -0.2) is 9.78 Å². The molecular weight excluding hydrogens is 527 g/mol. The van der Waals surface area contributed by atoms with E-state index >= 15 is 0 Å². The SMILES string of the molecule is CCOCCC1(Oc2ccc(Oc3ccc(-c4nc(-c5ccccn5)co4)cc3)cc2)C(=O)NC(=O)NC1=O.[Na]. The van der Waals surface area contributed by atoms with Gasteiger partial charge in [0.25, 0.3) is 17.4 Å². The number of imide groups is 2. The number of hydrogen-bond acceptors (Lipinski definition) is 9. The van der Waals surface area contributed by atoms with E-state index in [1.54, 1.807) is 55.8 Å². The summed E-state index contributed by atoms with van der Waals surface area (Å²) in [6, 6.07) is 18.3. The maximum atomic E-state index is 12.6. The number of nitrogens with one attached hydrogen (secondary N) is 2. The van der Waals surface area contributed by atoms with E-state index in [4.69, 9.17) is 18.6 Å². The molecule has 4 amide bonds. The Bertz CT molecular complexity index is 1450. The largest absolute Gasteiger partial charge is 0.467 e. The Morgan fingerprint density at radius 2 is 1.50 bits per heavy atom. The van der Waals surface area contributed by atoms with Crippen molar-refractivity contribution in [2.24, 2.45) is 0 Å². The first-order valence-corrected chi connectivity index (χ1v) is 12.2. The molecule has 2 N–H and O–H groups in total. The molecule has 1 fully saturated rings. The molecule has 5 rings (SSSR count). The fourth-order valence-corrected chi connectivity index (χ4v) is 3.89. The van der Waals surface area contributed by atoms with Gasteiger partial charge in [0.1, 0.15) is 29.2 Å². The van der Waals surface area contributed by atoms with Crippen molar-refractivity contribution in [1.29, 1.82) is 0 Å². The Morgan fingerprint density at radius 3 is 2.12 bits per heavy atom. The molecule has 0 saturated carbocycles. The fourth-order valence-electron chi connectivity index (χ4n) is 3.89. The number of barbiturate groups is 1. The number of carbonyl (C=O) groups excluding carboxylic acids is 3. The van der Waals surface area contributed by atoms with E-state index in [0.717, 1.165) is 11.3 Å². The molecular formula is C28H24N4NaO7. The Hall–Kier alpha value is -4.03. The van der Waals surface area contributed by atoms with Crippen molar-refractivity contribution in [2.75, 3.05) is 13.2 Å². The van der Waals surface area contributed by atoms with Crippen molar-refractivity contribution in [3.05, 3.63) is 79.2 Å². The first kappa shape index (κ1) is 29.0. The predicted octanol–water partition coefficient (Wildman–Crippen LogP) is 3.73. The van der Waals surface area contributed by atoms with Crippen LogP contribution in [0.4, 0.5) is 4.79 Å². The van der Waals surface area contributed by atoms with Gasteiger partial charge >= 0.3 is 6.03 Å². The minimum Gasteiger partial charge on any atom is -0.467 e. The molecule has 0 aliphatic carbocycles. The number of pyridine rings is 1. The zero-order valence-corrected chi connectivity index (χ0v) is 23.9. The van der Waals surface area contributed by atoms with E-state index in [9.17, 15) is 14.4 Å². The van der Waals surface area contributed by atoms with Crippen molar-refractivity contribution in [3.8, 4) is 40.1 Å². The number of rotatable bonds is 10. The molecule has 1 saturated heterocycles. The number of carbonyl (C=O) groups is 3. The van der Waals surface area contributed by atoms with Gasteiger partial charge in [-0.1, -0.05) is 6.07 Å². The second-order valence-corrected chi connectivity index (χ2v) is 8.46. The van der Waals surface area contributed by atoms with E-state index in [0.29, 0.717) is 29.7 Å². The standard InChI is InChI=1S/C28H24N4O7.Na/c1-2-36-16-14-28(25(33)31-27(35)32-26(28)34)39-21-12-10-20(11-13-21)38-19-8-6-18(7-9-19)24-30-23(17-37-24)22-5-3-4-15-29-22;/h3-13,15,17H,2,14,16H2,1H3,(H2,31,32,33,34,35);. The van der Waals surface area contributed by atoms with Crippen LogP contribution >= 0.6 is 0 Å². The van der Waals surface area contributed by atoms with E-state index in [1.165, 1.54) is 0 Å². The van der Waals surface area contributed by atoms with Gasteiger partial charge in [0.05, 0.1) is 12.3 Å². The van der Waals surface area contributed by atoms with Crippen molar-refractivity contribution in [2.45, 2.75) is 18.9 Å². The Labute approximate surface area is 251 Å². The third-order valence-corrected chi connectivity index (χ3v) is 5.87. The number of nitrogens with zero attached hydrogens (tertiary/aromatic N) is 2. The summed E-state index contributed by atoms with van der Waals surface area (Å²) < 4.78 is 22.7. The molecule has 0 unspecified atom stereocenters. The zero-order chi connectivity index (χ0) is 27.2. The molecule has 2 aromatic heterocycles. The molecule has 3 heterocycles. The smallest absolute Gasteiger partial charge is 0.328 e. The molecule has 0 bridgehead atoms. The first-order chi connectivity index (χ1) is 19.0. The third kappa shape index (κ3) is 6.40. The van der Waals surface area contributed by atoms with Crippen molar-refractivity contribution >= 4 is 47.4 Å². The molecule has 0 spiro atoms. The number of urea groups is 1. The van der Waals surface area contributed by atoms with Gasteiger partial charge in [-0.3, -0.25) is 25.2 Å². The second-order valence-electron chi connectivity index (χ2n) is 8.46. The van der Waals surface area contributed by atoms with E-state index in [2.05, 4.69) is 20.6 Å². The summed E-state index contributed by atoms with van der Waals surface area (Å²) in [4.78, 5) is 45.6. The zero-order valence-electron chi connectivity index (χ0n) is 21.9. The fraction of sp³-hybridized carbons (Fsp3) is 0.179. The van der Waals surface area contributed by atoms with Crippen LogP contribution in [0.5, 0.6) is 17.2 Å². The van der Waals surface area contributed by atoms with Gasteiger partial charge in [0.2, 0.25) is 5.89 Å². The molecule has 40 heavy (non-hydrogen) atoms. The molecule has 4 aromatic rings. The maximum Gasteiger partial charge on any atom is 0.328 e. The van der Waals surface area contributed by atoms with Gasteiger partial charge in [-0.05, 0) is 67.6 Å². The van der Waals surface area contributed by atoms with Crippen LogP contribution in [0.25, 0.3) is 22.8 Å². The van der Waals surface area contributed by atoms with Gasteiger partial charge in [-0.2, -0.15) is 0 Å². The summed E-state index contributed by atoms with van der Waals surface area (Å²) in [7, 11) is 0. The number of oxazole rings is 1. The number of hydrogen-bond donors (Lipinski definition) is 2. The molecule has 1 radical (unpaired) electrons. The topological polar surface area (TPSA) is 142 Å². The Morgan fingerprint density at radius 1 is 0.850 bits per heavy atom. The van der Waals surface area contributed by atoms with Gasteiger partial charge in [0.15, 0.2) is 0 Å². The van der Waals surface area contributed by atoms with Gasteiger partial charge in [-0.15, -0.1) is 0 Å². The van der Waals surface area contributed by atoms with E-state index < -0.39 is 23.4 Å². The summed E-state index contributed by atoms with van der Waals surface area (Å²) in [6.07, 6.45) is 3.18. The normalized spacial score (nSPS) is 14.1. The molecule has 0 atom stereocenters. The average Bonchev–Trinajstić information content (AvgIpc) is 3.44. The van der Waals surface area contributed by atoms with Crippen LogP contribution in [0, 0.1) is 0 Å². The van der Waals surface area contributed by atoms with E-state index in [-0.39, 0.29) is 48.3 Å². The van der Waals surface area contributed by atoms with Gasteiger partial charge in [0, 0.05) is 54.3 Å².